The number of para-hydroxylation sites is 1. The highest BCUT2D eigenvalue weighted by atomic mass is 16.5. The van der Waals surface area contributed by atoms with Gasteiger partial charge in [-0.15, -0.1) is 0 Å². The molecule has 0 aliphatic carbocycles. The SMILES string of the molecule is COCCN(CCO)C(=O)c1cccc2c1OCCN2. The van der Waals surface area contributed by atoms with E-state index in [4.69, 9.17) is 14.6 Å². The Morgan fingerprint density at radius 2 is 2.35 bits per heavy atom. The molecule has 0 radical (unpaired) electrons. The molecule has 1 amide bonds. The summed E-state index contributed by atoms with van der Waals surface area (Å²) in [4.78, 5) is 14.1. The Morgan fingerprint density at radius 1 is 1.50 bits per heavy atom. The monoisotopic (exact) mass is 280 g/mol. The maximum atomic E-state index is 12.6. The van der Waals surface area contributed by atoms with Gasteiger partial charge in [0.05, 0.1) is 24.5 Å². The van der Waals surface area contributed by atoms with Crippen LogP contribution in [-0.4, -0.2) is 62.5 Å². The van der Waals surface area contributed by atoms with Crippen molar-refractivity contribution in [2.45, 2.75) is 0 Å². The van der Waals surface area contributed by atoms with Crippen LogP contribution >= 0.6 is 0 Å². The summed E-state index contributed by atoms with van der Waals surface area (Å²) in [6.07, 6.45) is 0. The van der Waals surface area contributed by atoms with Crippen LogP contribution in [0.2, 0.25) is 0 Å². The van der Waals surface area contributed by atoms with Crippen LogP contribution in [0.1, 0.15) is 10.4 Å². The summed E-state index contributed by atoms with van der Waals surface area (Å²) in [6.45, 7) is 2.33. The molecule has 0 spiro atoms. The number of carbonyl (C=O) groups excluding carboxylic acids is 1. The van der Waals surface area contributed by atoms with Gasteiger partial charge in [-0.1, -0.05) is 6.07 Å². The van der Waals surface area contributed by atoms with Gasteiger partial charge in [-0.25, -0.2) is 0 Å². The molecule has 0 fully saturated rings. The highest BCUT2D eigenvalue weighted by Gasteiger charge is 2.22. The van der Waals surface area contributed by atoms with E-state index in [1.54, 1.807) is 18.1 Å². The van der Waals surface area contributed by atoms with E-state index in [2.05, 4.69) is 5.32 Å². The van der Waals surface area contributed by atoms with Crippen molar-refractivity contribution in [3.05, 3.63) is 23.8 Å². The van der Waals surface area contributed by atoms with Gasteiger partial charge in [0.2, 0.25) is 0 Å². The first kappa shape index (κ1) is 14.6. The predicted molar refractivity (Wildman–Crippen MR) is 75.3 cm³/mol. The number of amides is 1. The van der Waals surface area contributed by atoms with E-state index in [1.165, 1.54) is 0 Å². The predicted octanol–water partition coefficient (Wildman–Crippen LogP) is 0.572. The van der Waals surface area contributed by atoms with Crippen LogP contribution in [0.3, 0.4) is 0 Å². The van der Waals surface area contributed by atoms with E-state index in [-0.39, 0.29) is 19.1 Å². The van der Waals surface area contributed by atoms with Gasteiger partial charge >= 0.3 is 0 Å². The molecule has 0 unspecified atom stereocenters. The van der Waals surface area contributed by atoms with E-state index in [0.717, 1.165) is 12.2 Å². The fraction of sp³-hybridized carbons (Fsp3) is 0.500. The van der Waals surface area contributed by atoms with Crippen LogP contribution in [0.15, 0.2) is 18.2 Å². The molecule has 6 heteroatoms. The summed E-state index contributed by atoms with van der Waals surface area (Å²) in [5.41, 5.74) is 1.34. The molecule has 1 heterocycles. The number of hydrogen-bond acceptors (Lipinski definition) is 5. The molecular formula is C14H20N2O4. The second kappa shape index (κ2) is 7.12. The molecule has 0 atom stereocenters. The second-order valence-corrected chi connectivity index (χ2v) is 4.47. The van der Waals surface area contributed by atoms with Crippen LogP contribution in [0.5, 0.6) is 5.75 Å². The number of carbonyl (C=O) groups is 1. The molecule has 1 aromatic carbocycles. The Morgan fingerprint density at radius 3 is 3.10 bits per heavy atom. The number of rotatable bonds is 6. The van der Waals surface area contributed by atoms with E-state index in [9.17, 15) is 4.79 Å². The first-order chi connectivity index (χ1) is 9.77. The Labute approximate surface area is 118 Å². The summed E-state index contributed by atoms with van der Waals surface area (Å²) in [6, 6.07) is 5.45. The average Bonchev–Trinajstić information content (AvgIpc) is 2.50. The number of methoxy groups -OCH3 is 1. The minimum Gasteiger partial charge on any atom is -0.489 e. The lowest BCUT2D eigenvalue weighted by Gasteiger charge is -2.25. The maximum absolute atomic E-state index is 12.6. The summed E-state index contributed by atoms with van der Waals surface area (Å²) in [7, 11) is 1.58. The van der Waals surface area contributed by atoms with Crippen LogP contribution in [0.25, 0.3) is 0 Å². The van der Waals surface area contributed by atoms with Gasteiger partial charge in [-0.2, -0.15) is 0 Å². The van der Waals surface area contributed by atoms with Gasteiger partial charge in [0.1, 0.15) is 6.61 Å². The number of nitrogens with one attached hydrogen (secondary N) is 1. The quantitative estimate of drug-likeness (QED) is 0.797. The van der Waals surface area contributed by atoms with Crippen molar-refractivity contribution in [3.8, 4) is 5.75 Å². The lowest BCUT2D eigenvalue weighted by molar-refractivity contribution is 0.0652. The van der Waals surface area contributed by atoms with Gasteiger partial charge in [-0.05, 0) is 12.1 Å². The molecule has 6 nitrogen and oxygen atoms in total. The first-order valence-corrected chi connectivity index (χ1v) is 6.66. The van der Waals surface area contributed by atoms with Crippen molar-refractivity contribution < 1.29 is 19.4 Å². The Bertz CT molecular complexity index is 464. The third kappa shape index (κ3) is 3.20. The van der Waals surface area contributed by atoms with E-state index >= 15 is 0 Å². The molecule has 1 aromatic rings. The Kier molecular flexibility index (Phi) is 5.20. The molecule has 1 aliphatic rings. The first-order valence-electron chi connectivity index (χ1n) is 6.66. The number of aliphatic hydroxyl groups is 1. The second-order valence-electron chi connectivity index (χ2n) is 4.47. The molecule has 20 heavy (non-hydrogen) atoms. The Balaban J connectivity index is 2.22. The topological polar surface area (TPSA) is 71.0 Å². The zero-order valence-electron chi connectivity index (χ0n) is 11.6. The fourth-order valence-electron chi connectivity index (χ4n) is 2.15. The van der Waals surface area contributed by atoms with Gasteiger partial charge in [0.25, 0.3) is 5.91 Å². The van der Waals surface area contributed by atoms with Gasteiger partial charge < -0.3 is 24.8 Å². The molecule has 2 N–H and O–H groups in total. The number of nitrogens with zero attached hydrogens (tertiary/aromatic N) is 1. The molecule has 110 valence electrons. The zero-order valence-corrected chi connectivity index (χ0v) is 11.6. The highest BCUT2D eigenvalue weighted by Crippen LogP contribution is 2.31. The highest BCUT2D eigenvalue weighted by molar-refractivity contribution is 5.99. The lowest BCUT2D eigenvalue weighted by atomic mass is 10.1. The smallest absolute Gasteiger partial charge is 0.257 e. The van der Waals surface area contributed by atoms with Crippen molar-refractivity contribution >= 4 is 11.6 Å². The lowest BCUT2D eigenvalue weighted by Crippen LogP contribution is -2.36. The number of aliphatic hydroxyl groups excluding tert-OH is 1. The number of hydrogen-bond donors (Lipinski definition) is 2. The molecule has 2 rings (SSSR count). The van der Waals surface area contributed by atoms with Crippen LogP contribution in [-0.2, 0) is 4.74 Å². The van der Waals surface area contributed by atoms with Crippen LogP contribution in [0.4, 0.5) is 5.69 Å². The molecule has 0 bridgehead atoms. The van der Waals surface area contributed by atoms with E-state index < -0.39 is 0 Å². The van der Waals surface area contributed by atoms with Crippen molar-refractivity contribution in [3.63, 3.8) is 0 Å². The Hall–Kier alpha value is -1.79. The summed E-state index contributed by atoms with van der Waals surface area (Å²) in [5.74, 6) is 0.431. The number of benzene rings is 1. The number of ether oxygens (including phenoxy) is 2. The van der Waals surface area contributed by atoms with Crippen molar-refractivity contribution in [2.24, 2.45) is 0 Å². The van der Waals surface area contributed by atoms with Gasteiger partial charge in [0.15, 0.2) is 5.75 Å². The minimum absolute atomic E-state index is 0.0798. The normalized spacial score (nSPS) is 13.1. The van der Waals surface area contributed by atoms with Gasteiger partial charge in [-0.3, -0.25) is 4.79 Å². The standard InChI is InChI=1S/C14H20N2O4/c1-19-10-7-16(6-8-17)14(18)11-3-2-4-12-13(11)20-9-5-15-12/h2-4,15,17H,5-10H2,1H3. The minimum atomic E-state index is -0.156. The molecule has 0 aromatic heterocycles. The van der Waals surface area contributed by atoms with E-state index in [0.29, 0.717) is 31.1 Å². The largest absolute Gasteiger partial charge is 0.489 e. The van der Waals surface area contributed by atoms with E-state index in [1.807, 2.05) is 12.1 Å². The molecule has 0 saturated carbocycles. The van der Waals surface area contributed by atoms with Gasteiger partial charge in [0, 0.05) is 26.7 Å². The van der Waals surface area contributed by atoms with Crippen molar-refractivity contribution in [1.82, 2.24) is 4.90 Å². The average molecular weight is 280 g/mol. The fourth-order valence-corrected chi connectivity index (χ4v) is 2.15. The number of fused-ring (bicyclic) bond motifs is 1. The van der Waals surface area contributed by atoms with Crippen molar-refractivity contribution in [2.75, 3.05) is 51.9 Å². The van der Waals surface area contributed by atoms with Crippen molar-refractivity contribution in [1.29, 1.82) is 0 Å². The molecular weight excluding hydrogens is 260 g/mol. The summed E-state index contributed by atoms with van der Waals surface area (Å²) in [5, 5.41) is 12.3. The third-order valence-corrected chi connectivity index (χ3v) is 3.13. The molecule has 0 saturated heterocycles. The summed E-state index contributed by atoms with van der Waals surface area (Å²) >= 11 is 0. The summed E-state index contributed by atoms with van der Waals surface area (Å²) < 4.78 is 10.6. The van der Waals surface area contributed by atoms with Crippen LogP contribution in [0, 0.1) is 0 Å². The maximum Gasteiger partial charge on any atom is 0.257 e. The number of anilines is 1. The molecule has 1 aliphatic heterocycles. The van der Waals surface area contributed by atoms with Crippen LogP contribution < -0.4 is 10.1 Å². The zero-order chi connectivity index (χ0) is 14.4. The third-order valence-electron chi connectivity index (χ3n) is 3.13.